The molecule has 4 nitrogen and oxygen atoms in total. The molecule has 0 radical (unpaired) electrons. The van der Waals surface area contributed by atoms with Crippen molar-refractivity contribution in [3.63, 3.8) is 0 Å². The summed E-state index contributed by atoms with van der Waals surface area (Å²) in [5.41, 5.74) is 0.460. The van der Waals surface area contributed by atoms with Crippen LogP contribution in [0.5, 0.6) is 0 Å². The third-order valence-electron chi connectivity index (χ3n) is 4.22. The van der Waals surface area contributed by atoms with E-state index in [-0.39, 0.29) is 5.97 Å². The lowest BCUT2D eigenvalue weighted by molar-refractivity contribution is 0.0520. The van der Waals surface area contributed by atoms with Crippen molar-refractivity contribution in [3.05, 3.63) is 11.1 Å². The summed E-state index contributed by atoms with van der Waals surface area (Å²) in [5.74, 6) is 0.536. The summed E-state index contributed by atoms with van der Waals surface area (Å²) in [6.45, 7) is 3.30. The predicted molar refractivity (Wildman–Crippen MR) is 75.8 cm³/mol. The molecule has 5 heteroatoms. The minimum absolute atomic E-state index is 0.301. The molecule has 1 saturated carbocycles. The van der Waals surface area contributed by atoms with Crippen LogP contribution in [0.1, 0.15) is 49.5 Å². The molecule has 104 valence electrons. The number of esters is 1. The maximum atomic E-state index is 11.7. The Balaban J connectivity index is 1.76. The lowest BCUT2D eigenvalue weighted by atomic mass is 9.92. The van der Waals surface area contributed by atoms with Gasteiger partial charge in [0.2, 0.25) is 0 Å². The number of piperidine rings is 1. The second-order valence-electron chi connectivity index (χ2n) is 5.33. The maximum absolute atomic E-state index is 11.7. The minimum atomic E-state index is -0.301. The molecule has 0 amide bonds. The van der Waals surface area contributed by atoms with Gasteiger partial charge in [-0.2, -0.15) is 0 Å². The largest absolute Gasteiger partial charge is 0.461 e. The van der Waals surface area contributed by atoms with Crippen LogP contribution < -0.4 is 4.90 Å². The summed E-state index contributed by atoms with van der Waals surface area (Å²) in [5, 5.41) is 2.82. The fraction of sp³-hybridized carbons (Fsp3) is 0.714. The number of aromatic nitrogens is 1. The number of fused-ring (bicyclic) bond motifs is 1. The molecular formula is C14H20N2O2S. The van der Waals surface area contributed by atoms with Crippen molar-refractivity contribution >= 4 is 22.4 Å². The van der Waals surface area contributed by atoms with Gasteiger partial charge >= 0.3 is 5.97 Å². The van der Waals surface area contributed by atoms with Crippen molar-refractivity contribution in [2.45, 2.75) is 45.1 Å². The van der Waals surface area contributed by atoms with Crippen LogP contribution in [0.3, 0.4) is 0 Å². The lowest BCUT2D eigenvalue weighted by Crippen LogP contribution is -2.42. The number of nitrogens with zero attached hydrogens (tertiary/aromatic N) is 2. The van der Waals surface area contributed by atoms with E-state index in [9.17, 15) is 4.79 Å². The lowest BCUT2D eigenvalue weighted by Gasteiger charge is -2.37. The quantitative estimate of drug-likeness (QED) is 0.798. The molecule has 0 aromatic carbocycles. The van der Waals surface area contributed by atoms with Gasteiger partial charge in [0.1, 0.15) is 0 Å². The summed E-state index contributed by atoms with van der Waals surface area (Å²) in [6.07, 6.45) is 6.57. The third kappa shape index (κ3) is 2.48. The summed E-state index contributed by atoms with van der Waals surface area (Å²) in [4.78, 5) is 18.6. The van der Waals surface area contributed by atoms with Crippen LogP contribution >= 0.6 is 11.3 Å². The highest BCUT2D eigenvalue weighted by Gasteiger charge is 2.36. The number of rotatable bonds is 3. The molecule has 1 aromatic rings. The second-order valence-corrected chi connectivity index (χ2v) is 6.17. The van der Waals surface area contributed by atoms with E-state index in [1.54, 1.807) is 11.3 Å². The molecule has 0 bridgehead atoms. The van der Waals surface area contributed by atoms with Crippen molar-refractivity contribution < 1.29 is 9.53 Å². The van der Waals surface area contributed by atoms with Crippen LogP contribution in [-0.2, 0) is 4.74 Å². The molecule has 2 fully saturated rings. The van der Waals surface area contributed by atoms with Crippen molar-refractivity contribution in [1.29, 1.82) is 0 Å². The molecule has 0 spiro atoms. The van der Waals surface area contributed by atoms with E-state index in [4.69, 9.17) is 4.74 Å². The topological polar surface area (TPSA) is 42.4 Å². The summed E-state index contributed by atoms with van der Waals surface area (Å²) < 4.78 is 5.00. The number of ether oxygens (including phenoxy) is 1. The second kappa shape index (κ2) is 5.49. The molecule has 1 aliphatic heterocycles. The Morgan fingerprint density at radius 3 is 3.16 bits per heavy atom. The van der Waals surface area contributed by atoms with Crippen LogP contribution in [0.15, 0.2) is 5.38 Å². The van der Waals surface area contributed by atoms with Crippen LogP contribution in [0.25, 0.3) is 0 Å². The molecule has 1 saturated heterocycles. The number of thiazole rings is 1. The van der Waals surface area contributed by atoms with Crippen molar-refractivity contribution in [1.82, 2.24) is 4.98 Å². The third-order valence-corrected chi connectivity index (χ3v) is 5.09. The Morgan fingerprint density at radius 1 is 1.47 bits per heavy atom. The van der Waals surface area contributed by atoms with E-state index >= 15 is 0 Å². The molecule has 2 unspecified atom stereocenters. The normalized spacial score (nSPS) is 26.3. The molecule has 2 aliphatic rings. The van der Waals surface area contributed by atoms with Gasteiger partial charge in [0.15, 0.2) is 10.8 Å². The van der Waals surface area contributed by atoms with Gasteiger partial charge < -0.3 is 9.64 Å². The summed E-state index contributed by atoms with van der Waals surface area (Å²) in [6, 6.07) is 0.648. The van der Waals surface area contributed by atoms with Crippen LogP contribution in [0.4, 0.5) is 5.13 Å². The summed E-state index contributed by atoms with van der Waals surface area (Å²) in [7, 11) is 0. The van der Waals surface area contributed by atoms with E-state index in [0.29, 0.717) is 18.3 Å². The van der Waals surface area contributed by atoms with Gasteiger partial charge in [-0.1, -0.05) is 6.42 Å². The Hall–Kier alpha value is -1.10. The molecule has 1 aliphatic carbocycles. The number of carbonyl (C=O) groups is 1. The highest BCUT2D eigenvalue weighted by Crippen LogP contribution is 2.39. The Morgan fingerprint density at radius 2 is 2.32 bits per heavy atom. The fourth-order valence-electron chi connectivity index (χ4n) is 3.39. The Bertz CT molecular complexity index is 460. The van der Waals surface area contributed by atoms with Gasteiger partial charge in [-0.25, -0.2) is 9.78 Å². The van der Waals surface area contributed by atoms with Gasteiger partial charge in [0.05, 0.1) is 6.61 Å². The van der Waals surface area contributed by atoms with Crippen LogP contribution in [0, 0.1) is 5.92 Å². The molecule has 2 atom stereocenters. The van der Waals surface area contributed by atoms with Gasteiger partial charge in [-0.15, -0.1) is 11.3 Å². The summed E-state index contributed by atoms with van der Waals surface area (Å²) >= 11 is 1.57. The first kappa shape index (κ1) is 12.9. The van der Waals surface area contributed by atoms with Crippen molar-refractivity contribution in [3.8, 4) is 0 Å². The molecule has 0 N–H and O–H groups in total. The Labute approximate surface area is 117 Å². The molecule has 19 heavy (non-hydrogen) atoms. The van der Waals surface area contributed by atoms with Crippen molar-refractivity contribution in [2.75, 3.05) is 18.1 Å². The number of hydrogen-bond donors (Lipinski definition) is 0. The van der Waals surface area contributed by atoms with E-state index in [1.807, 2.05) is 12.3 Å². The van der Waals surface area contributed by atoms with Crippen molar-refractivity contribution in [2.24, 2.45) is 5.92 Å². The zero-order valence-electron chi connectivity index (χ0n) is 11.3. The SMILES string of the molecule is CCOC(=O)c1csc(N2CCCC3CCCC32)n1. The highest BCUT2D eigenvalue weighted by atomic mass is 32.1. The van der Waals surface area contributed by atoms with Gasteiger partial charge in [0, 0.05) is 18.0 Å². The molecule has 1 aromatic heterocycles. The number of carbonyl (C=O) groups excluding carboxylic acids is 1. The maximum Gasteiger partial charge on any atom is 0.357 e. The first-order valence-corrected chi connectivity index (χ1v) is 8.07. The van der Waals surface area contributed by atoms with E-state index in [1.165, 1.54) is 32.1 Å². The Kier molecular flexibility index (Phi) is 3.73. The van der Waals surface area contributed by atoms with Gasteiger partial charge in [-0.3, -0.25) is 0 Å². The average molecular weight is 280 g/mol. The minimum Gasteiger partial charge on any atom is -0.461 e. The number of hydrogen-bond acceptors (Lipinski definition) is 5. The first-order chi connectivity index (χ1) is 9.29. The average Bonchev–Trinajstić information content (AvgIpc) is 3.07. The van der Waals surface area contributed by atoms with E-state index in [0.717, 1.165) is 17.6 Å². The molecular weight excluding hydrogens is 260 g/mol. The van der Waals surface area contributed by atoms with Gasteiger partial charge in [0.25, 0.3) is 0 Å². The van der Waals surface area contributed by atoms with Crippen LogP contribution in [-0.4, -0.2) is 30.1 Å². The zero-order chi connectivity index (χ0) is 13.2. The standard InChI is InChI=1S/C14H20N2O2S/c1-2-18-13(17)11-9-19-14(15-11)16-8-4-6-10-5-3-7-12(10)16/h9-10,12H,2-8H2,1H3. The van der Waals surface area contributed by atoms with E-state index in [2.05, 4.69) is 9.88 Å². The molecule has 2 heterocycles. The monoisotopic (exact) mass is 280 g/mol. The highest BCUT2D eigenvalue weighted by molar-refractivity contribution is 7.13. The van der Waals surface area contributed by atoms with E-state index < -0.39 is 0 Å². The number of anilines is 1. The predicted octanol–water partition coefficient (Wildman–Crippen LogP) is 3.09. The molecule has 3 rings (SSSR count). The first-order valence-electron chi connectivity index (χ1n) is 7.19. The smallest absolute Gasteiger partial charge is 0.357 e. The fourth-order valence-corrected chi connectivity index (χ4v) is 4.27. The zero-order valence-corrected chi connectivity index (χ0v) is 12.1. The van der Waals surface area contributed by atoms with Crippen LogP contribution in [0.2, 0.25) is 0 Å². The van der Waals surface area contributed by atoms with Gasteiger partial charge in [-0.05, 0) is 38.5 Å².